The van der Waals surface area contributed by atoms with Gasteiger partial charge in [0.1, 0.15) is 0 Å². The summed E-state index contributed by atoms with van der Waals surface area (Å²) in [6.45, 7) is 0. The molecule has 3 nitrogen and oxygen atoms in total. The van der Waals surface area contributed by atoms with Gasteiger partial charge in [-0.05, 0) is 22.0 Å². The fraction of sp³-hybridized carbons (Fsp3) is 0.250. The first-order valence-electron chi connectivity index (χ1n) is 3.65. The van der Waals surface area contributed by atoms with Crippen LogP contribution in [0.1, 0.15) is 17.7 Å². The maximum atomic E-state index is 12.3. The van der Waals surface area contributed by atoms with Crippen LogP contribution >= 0.6 is 15.9 Å². The summed E-state index contributed by atoms with van der Waals surface area (Å²) in [6.07, 6.45) is -1.84. The van der Waals surface area contributed by atoms with E-state index in [1.54, 1.807) is 0 Å². The zero-order chi connectivity index (χ0) is 10.7. The molecule has 0 fully saturated rings. The number of aromatic nitrogens is 1. The fourth-order valence-corrected chi connectivity index (χ4v) is 1.49. The maximum Gasteiger partial charge on any atom is 0.309 e. The minimum Gasteiger partial charge on any atom is -0.481 e. The van der Waals surface area contributed by atoms with Crippen LogP contribution in [0.2, 0.25) is 0 Å². The van der Waals surface area contributed by atoms with Crippen molar-refractivity contribution >= 4 is 21.9 Å². The van der Waals surface area contributed by atoms with Crippen molar-refractivity contribution in [1.29, 1.82) is 0 Å². The Labute approximate surface area is 86.9 Å². The molecule has 0 amide bonds. The molecular weight excluding hydrogens is 260 g/mol. The van der Waals surface area contributed by atoms with Gasteiger partial charge in [0.2, 0.25) is 0 Å². The topological polar surface area (TPSA) is 50.2 Å². The van der Waals surface area contributed by atoms with E-state index in [1.165, 1.54) is 6.20 Å². The number of carbonyl (C=O) groups is 1. The molecule has 0 aliphatic rings. The SMILES string of the molecule is O=C(O)Cc1nccc(C(F)F)c1Br. The van der Waals surface area contributed by atoms with Gasteiger partial charge >= 0.3 is 5.97 Å². The molecule has 0 aromatic carbocycles. The van der Waals surface area contributed by atoms with Crippen molar-refractivity contribution < 1.29 is 18.7 Å². The van der Waals surface area contributed by atoms with E-state index in [9.17, 15) is 13.6 Å². The normalized spacial score (nSPS) is 10.6. The molecule has 0 spiro atoms. The second-order valence-electron chi connectivity index (χ2n) is 2.53. The first-order chi connectivity index (χ1) is 6.52. The van der Waals surface area contributed by atoms with Gasteiger partial charge in [0.05, 0.1) is 12.1 Å². The van der Waals surface area contributed by atoms with Gasteiger partial charge in [0.25, 0.3) is 6.43 Å². The fourth-order valence-electron chi connectivity index (χ4n) is 0.939. The van der Waals surface area contributed by atoms with Crippen LogP contribution in [-0.2, 0) is 11.2 Å². The molecule has 0 aliphatic carbocycles. The van der Waals surface area contributed by atoms with E-state index in [0.717, 1.165) is 6.07 Å². The molecule has 1 N–H and O–H groups in total. The van der Waals surface area contributed by atoms with Crippen LogP contribution in [-0.4, -0.2) is 16.1 Å². The van der Waals surface area contributed by atoms with Gasteiger partial charge in [0, 0.05) is 16.2 Å². The van der Waals surface area contributed by atoms with Gasteiger partial charge in [-0.3, -0.25) is 9.78 Å². The lowest BCUT2D eigenvalue weighted by molar-refractivity contribution is -0.136. The van der Waals surface area contributed by atoms with E-state index >= 15 is 0 Å². The Bertz CT molecular complexity index is 357. The summed E-state index contributed by atoms with van der Waals surface area (Å²) in [5.41, 5.74) is -0.133. The van der Waals surface area contributed by atoms with Crippen molar-refractivity contribution in [3.05, 3.63) is 28.0 Å². The first-order valence-corrected chi connectivity index (χ1v) is 4.45. The number of aliphatic carboxylic acids is 1. The number of halogens is 3. The molecule has 0 bridgehead atoms. The van der Waals surface area contributed by atoms with Gasteiger partial charge in [-0.15, -0.1) is 0 Å². The molecule has 6 heteroatoms. The third kappa shape index (κ3) is 2.47. The highest BCUT2D eigenvalue weighted by Crippen LogP contribution is 2.28. The van der Waals surface area contributed by atoms with Crippen LogP contribution in [0.5, 0.6) is 0 Å². The van der Waals surface area contributed by atoms with Gasteiger partial charge in [-0.25, -0.2) is 8.78 Å². The van der Waals surface area contributed by atoms with Gasteiger partial charge in [0.15, 0.2) is 0 Å². The largest absolute Gasteiger partial charge is 0.481 e. The number of alkyl halides is 2. The lowest BCUT2D eigenvalue weighted by Gasteiger charge is -2.05. The number of hydrogen-bond donors (Lipinski definition) is 1. The molecule has 0 atom stereocenters. The maximum absolute atomic E-state index is 12.3. The van der Waals surface area contributed by atoms with E-state index in [0.29, 0.717) is 0 Å². The molecule has 1 heterocycles. The molecule has 0 saturated carbocycles. The van der Waals surface area contributed by atoms with Crippen LogP contribution in [0.25, 0.3) is 0 Å². The third-order valence-corrected chi connectivity index (χ3v) is 2.46. The summed E-state index contributed by atoms with van der Waals surface area (Å²) >= 11 is 2.90. The minimum atomic E-state index is -2.64. The number of hydrogen-bond acceptors (Lipinski definition) is 2. The second kappa shape index (κ2) is 4.45. The zero-order valence-electron chi connectivity index (χ0n) is 6.88. The standard InChI is InChI=1S/C8H6BrF2NO2/c9-7-4(8(10)11)1-2-12-5(7)3-6(13)14/h1-2,8H,3H2,(H,13,14). The summed E-state index contributed by atoms with van der Waals surface area (Å²) in [5.74, 6) is -1.11. The van der Waals surface area contributed by atoms with Crippen LogP contribution in [0, 0.1) is 0 Å². The molecule has 14 heavy (non-hydrogen) atoms. The Hall–Kier alpha value is -1.04. The highest BCUT2D eigenvalue weighted by atomic mass is 79.9. The summed E-state index contributed by atoms with van der Waals surface area (Å²) in [5, 5.41) is 8.47. The minimum absolute atomic E-state index is 0.0670. The van der Waals surface area contributed by atoms with E-state index in [1.807, 2.05) is 0 Å². The van der Waals surface area contributed by atoms with Crippen molar-refractivity contribution in [2.75, 3.05) is 0 Å². The Balaban J connectivity index is 3.07. The average Bonchev–Trinajstić information content (AvgIpc) is 2.07. The van der Waals surface area contributed by atoms with E-state index in [-0.39, 0.29) is 22.2 Å². The van der Waals surface area contributed by atoms with Crippen LogP contribution in [0.4, 0.5) is 8.78 Å². The summed E-state index contributed by atoms with van der Waals surface area (Å²) < 4.78 is 24.7. The third-order valence-electron chi connectivity index (χ3n) is 1.55. The number of pyridine rings is 1. The van der Waals surface area contributed by atoms with Crippen LogP contribution in [0.3, 0.4) is 0 Å². The first kappa shape index (κ1) is 11.0. The Kier molecular flexibility index (Phi) is 3.51. The molecule has 0 unspecified atom stereocenters. The van der Waals surface area contributed by atoms with Crippen molar-refractivity contribution in [2.24, 2.45) is 0 Å². The molecule has 0 radical (unpaired) electrons. The number of rotatable bonds is 3. The van der Waals surface area contributed by atoms with E-state index in [4.69, 9.17) is 5.11 Å². The zero-order valence-corrected chi connectivity index (χ0v) is 8.46. The molecule has 1 aromatic rings. The molecule has 1 rings (SSSR count). The predicted octanol–water partition coefficient (Wildman–Crippen LogP) is 2.41. The van der Waals surface area contributed by atoms with E-state index < -0.39 is 12.4 Å². The Morgan fingerprint density at radius 3 is 2.79 bits per heavy atom. The molecule has 1 aromatic heterocycles. The summed E-state index contributed by atoms with van der Waals surface area (Å²) in [4.78, 5) is 14.1. The quantitative estimate of drug-likeness (QED) is 0.913. The van der Waals surface area contributed by atoms with Crippen LogP contribution < -0.4 is 0 Å². The molecule has 0 aliphatic heterocycles. The van der Waals surface area contributed by atoms with E-state index in [2.05, 4.69) is 20.9 Å². The monoisotopic (exact) mass is 265 g/mol. The van der Waals surface area contributed by atoms with Crippen LogP contribution in [0.15, 0.2) is 16.7 Å². The lowest BCUT2D eigenvalue weighted by Crippen LogP contribution is -2.04. The van der Waals surface area contributed by atoms with Crippen molar-refractivity contribution in [3.8, 4) is 0 Å². The van der Waals surface area contributed by atoms with Crippen molar-refractivity contribution in [2.45, 2.75) is 12.8 Å². The molecule has 76 valence electrons. The second-order valence-corrected chi connectivity index (χ2v) is 3.33. The number of carboxylic acid groups (broad SMARTS) is 1. The summed E-state index contributed by atoms with van der Waals surface area (Å²) in [7, 11) is 0. The van der Waals surface area contributed by atoms with Gasteiger partial charge < -0.3 is 5.11 Å². The highest BCUT2D eigenvalue weighted by Gasteiger charge is 2.16. The Morgan fingerprint density at radius 2 is 2.29 bits per heavy atom. The van der Waals surface area contributed by atoms with Gasteiger partial charge in [-0.2, -0.15) is 0 Å². The predicted molar refractivity (Wildman–Crippen MR) is 48.2 cm³/mol. The number of carboxylic acids is 1. The Morgan fingerprint density at radius 1 is 1.64 bits per heavy atom. The average molecular weight is 266 g/mol. The highest BCUT2D eigenvalue weighted by molar-refractivity contribution is 9.10. The smallest absolute Gasteiger partial charge is 0.309 e. The molecule has 0 saturated heterocycles. The summed E-state index contributed by atoms with van der Waals surface area (Å²) in [6, 6.07) is 1.15. The van der Waals surface area contributed by atoms with Gasteiger partial charge in [-0.1, -0.05) is 0 Å². The van der Waals surface area contributed by atoms with Crippen molar-refractivity contribution in [1.82, 2.24) is 4.98 Å². The lowest BCUT2D eigenvalue weighted by atomic mass is 10.2. The molecular formula is C8H6BrF2NO2. The van der Waals surface area contributed by atoms with Crippen molar-refractivity contribution in [3.63, 3.8) is 0 Å². The number of nitrogens with zero attached hydrogens (tertiary/aromatic N) is 1.